The highest BCUT2D eigenvalue weighted by Crippen LogP contribution is 2.43. The zero-order chi connectivity index (χ0) is 19.3. The van der Waals surface area contributed by atoms with Gasteiger partial charge in [-0.05, 0) is 24.1 Å². The van der Waals surface area contributed by atoms with Gasteiger partial charge in [0.1, 0.15) is 11.2 Å². The van der Waals surface area contributed by atoms with Gasteiger partial charge in [0.15, 0.2) is 17.3 Å². The summed E-state index contributed by atoms with van der Waals surface area (Å²) >= 11 is 0. The quantitative estimate of drug-likeness (QED) is 0.593. The summed E-state index contributed by atoms with van der Waals surface area (Å²) in [5.74, 6) is 1.77. The van der Waals surface area contributed by atoms with Gasteiger partial charge in [0, 0.05) is 17.7 Å². The summed E-state index contributed by atoms with van der Waals surface area (Å²) in [6.07, 6.45) is 0.845. The number of nitrogen functional groups attached to an aromatic ring is 1. The smallest absolute Gasteiger partial charge is 0.161 e. The van der Waals surface area contributed by atoms with Crippen LogP contribution in [0.15, 0.2) is 42.5 Å². The van der Waals surface area contributed by atoms with E-state index in [4.69, 9.17) is 20.3 Å². The first-order valence-electron chi connectivity index (χ1n) is 9.04. The molecule has 1 aliphatic heterocycles. The lowest BCUT2D eigenvalue weighted by atomic mass is 9.95. The molecular formula is C21H19N5O2. The van der Waals surface area contributed by atoms with E-state index in [2.05, 4.69) is 10.2 Å². The number of hydrogen-bond donors (Lipinski definition) is 1. The Morgan fingerprint density at radius 1 is 1.00 bits per heavy atom. The van der Waals surface area contributed by atoms with Crippen molar-refractivity contribution in [2.45, 2.75) is 13.0 Å². The summed E-state index contributed by atoms with van der Waals surface area (Å²) in [4.78, 5) is 0. The lowest BCUT2D eigenvalue weighted by Crippen LogP contribution is -2.12. The molecule has 140 valence electrons. The second kappa shape index (κ2) is 6.23. The predicted molar refractivity (Wildman–Crippen MR) is 107 cm³/mol. The standard InChI is InChI=1S/C21H19N5O2/c1-27-15-10-13-8-9-26-20(14(13)11-16(15)28-2)17-19(25-26)18(23-24-21(17)22)12-6-4-3-5-7-12/h3-7,10-11H,8-9H2,1-2H3,(H2,22,24). The molecule has 7 nitrogen and oxygen atoms in total. The SMILES string of the molecule is COc1cc2c(cc1OC)-c1c3c(N)nnc(-c4ccccc4)c3nn1CC2. The van der Waals surface area contributed by atoms with Crippen molar-refractivity contribution in [1.82, 2.24) is 20.0 Å². The molecule has 3 heterocycles. The van der Waals surface area contributed by atoms with Crippen molar-refractivity contribution >= 4 is 16.7 Å². The third-order valence-electron chi connectivity index (χ3n) is 5.20. The van der Waals surface area contributed by atoms with Crippen LogP contribution in [0.5, 0.6) is 11.5 Å². The molecule has 0 saturated carbocycles. The van der Waals surface area contributed by atoms with E-state index in [1.54, 1.807) is 14.2 Å². The molecule has 0 amide bonds. The zero-order valence-corrected chi connectivity index (χ0v) is 15.6. The molecule has 0 unspecified atom stereocenters. The average Bonchev–Trinajstić information content (AvgIpc) is 3.14. The van der Waals surface area contributed by atoms with Gasteiger partial charge >= 0.3 is 0 Å². The van der Waals surface area contributed by atoms with Crippen LogP contribution < -0.4 is 15.2 Å². The van der Waals surface area contributed by atoms with Crippen molar-refractivity contribution in [3.8, 4) is 34.0 Å². The Morgan fingerprint density at radius 3 is 2.50 bits per heavy atom. The second-order valence-corrected chi connectivity index (χ2v) is 6.71. The maximum atomic E-state index is 6.27. The van der Waals surface area contributed by atoms with Gasteiger partial charge in [-0.2, -0.15) is 5.10 Å². The third-order valence-corrected chi connectivity index (χ3v) is 5.20. The lowest BCUT2D eigenvalue weighted by Gasteiger charge is -2.20. The second-order valence-electron chi connectivity index (χ2n) is 6.71. The summed E-state index contributed by atoms with van der Waals surface area (Å²) in [6, 6.07) is 13.9. The Hall–Kier alpha value is -3.61. The van der Waals surface area contributed by atoms with Gasteiger partial charge in [0.25, 0.3) is 0 Å². The molecule has 0 radical (unpaired) electrons. The molecule has 0 atom stereocenters. The molecule has 0 spiro atoms. The first-order chi connectivity index (χ1) is 13.7. The molecule has 0 fully saturated rings. The highest BCUT2D eigenvalue weighted by molar-refractivity contribution is 6.06. The maximum absolute atomic E-state index is 6.27. The van der Waals surface area contributed by atoms with Crippen LogP contribution >= 0.6 is 0 Å². The van der Waals surface area contributed by atoms with Crippen LogP contribution in [0.1, 0.15) is 5.56 Å². The fraction of sp³-hybridized carbons (Fsp3) is 0.190. The van der Waals surface area contributed by atoms with Gasteiger partial charge in [-0.1, -0.05) is 30.3 Å². The van der Waals surface area contributed by atoms with E-state index in [0.29, 0.717) is 11.6 Å². The molecule has 0 bridgehead atoms. The Balaban J connectivity index is 1.82. The molecule has 28 heavy (non-hydrogen) atoms. The van der Waals surface area contributed by atoms with Crippen molar-refractivity contribution in [2.75, 3.05) is 20.0 Å². The molecule has 2 N–H and O–H groups in total. The van der Waals surface area contributed by atoms with Gasteiger partial charge in [0.05, 0.1) is 25.3 Å². The average molecular weight is 373 g/mol. The Labute approximate surface area is 161 Å². The molecule has 0 aliphatic carbocycles. The summed E-state index contributed by atoms with van der Waals surface area (Å²) < 4.78 is 13.0. The van der Waals surface area contributed by atoms with Crippen LogP contribution in [0.3, 0.4) is 0 Å². The van der Waals surface area contributed by atoms with Gasteiger partial charge in [-0.3, -0.25) is 4.68 Å². The van der Waals surface area contributed by atoms with Crippen LogP contribution in [0.2, 0.25) is 0 Å². The fourth-order valence-electron chi connectivity index (χ4n) is 3.87. The van der Waals surface area contributed by atoms with E-state index >= 15 is 0 Å². The van der Waals surface area contributed by atoms with E-state index in [1.165, 1.54) is 5.56 Å². The Bertz CT molecular complexity index is 1200. The Morgan fingerprint density at radius 2 is 1.75 bits per heavy atom. The summed E-state index contributed by atoms with van der Waals surface area (Å²) in [6.45, 7) is 0.750. The van der Waals surface area contributed by atoms with Gasteiger partial charge in [0.2, 0.25) is 0 Å². The van der Waals surface area contributed by atoms with Crippen LogP contribution in [0, 0.1) is 0 Å². The van der Waals surface area contributed by atoms with Crippen LogP contribution in [-0.2, 0) is 13.0 Å². The number of hydrogen-bond acceptors (Lipinski definition) is 6. The Kier molecular flexibility index (Phi) is 3.68. The lowest BCUT2D eigenvalue weighted by molar-refractivity contribution is 0.354. The molecule has 4 aromatic rings. The van der Waals surface area contributed by atoms with Crippen molar-refractivity contribution in [3.63, 3.8) is 0 Å². The summed E-state index contributed by atoms with van der Waals surface area (Å²) in [5.41, 5.74) is 11.9. The summed E-state index contributed by atoms with van der Waals surface area (Å²) in [5, 5.41) is 14.2. The van der Waals surface area contributed by atoms with E-state index in [1.807, 2.05) is 47.1 Å². The monoisotopic (exact) mass is 373 g/mol. The number of nitrogens with zero attached hydrogens (tertiary/aromatic N) is 4. The highest BCUT2D eigenvalue weighted by atomic mass is 16.5. The number of aryl methyl sites for hydroxylation is 2. The number of fused-ring (bicyclic) bond motifs is 5. The highest BCUT2D eigenvalue weighted by Gasteiger charge is 2.27. The number of methoxy groups -OCH3 is 2. The first-order valence-corrected chi connectivity index (χ1v) is 9.04. The van der Waals surface area contributed by atoms with E-state index < -0.39 is 0 Å². The zero-order valence-electron chi connectivity index (χ0n) is 15.6. The van der Waals surface area contributed by atoms with Crippen molar-refractivity contribution in [3.05, 3.63) is 48.0 Å². The minimum atomic E-state index is 0.374. The van der Waals surface area contributed by atoms with E-state index in [0.717, 1.165) is 52.1 Å². The minimum absolute atomic E-state index is 0.374. The molecule has 2 aromatic heterocycles. The number of nitrogens with two attached hydrogens (primary N) is 1. The predicted octanol–water partition coefficient (Wildman–Crippen LogP) is 3.32. The van der Waals surface area contributed by atoms with Gasteiger partial charge < -0.3 is 15.2 Å². The minimum Gasteiger partial charge on any atom is -0.493 e. The third kappa shape index (κ3) is 2.32. The number of ether oxygens (including phenoxy) is 2. The normalized spacial score (nSPS) is 12.5. The fourth-order valence-corrected chi connectivity index (χ4v) is 3.87. The van der Waals surface area contributed by atoms with Crippen LogP contribution in [0.25, 0.3) is 33.4 Å². The van der Waals surface area contributed by atoms with Crippen LogP contribution in [-0.4, -0.2) is 34.2 Å². The molecule has 1 aliphatic rings. The molecule has 5 rings (SSSR count). The maximum Gasteiger partial charge on any atom is 0.161 e. The number of aromatic nitrogens is 4. The van der Waals surface area contributed by atoms with Crippen molar-refractivity contribution in [1.29, 1.82) is 0 Å². The topological polar surface area (TPSA) is 88.1 Å². The van der Waals surface area contributed by atoms with Crippen LogP contribution in [0.4, 0.5) is 5.82 Å². The van der Waals surface area contributed by atoms with Gasteiger partial charge in [-0.15, -0.1) is 10.2 Å². The van der Waals surface area contributed by atoms with Gasteiger partial charge in [-0.25, -0.2) is 0 Å². The molecule has 7 heteroatoms. The van der Waals surface area contributed by atoms with E-state index in [9.17, 15) is 0 Å². The number of anilines is 1. The molecule has 0 saturated heterocycles. The molecule has 2 aromatic carbocycles. The van der Waals surface area contributed by atoms with Crippen molar-refractivity contribution < 1.29 is 9.47 Å². The largest absolute Gasteiger partial charge is 0.493 e. The number of benzene rings is 2. The molecular weight excluding hydrogens is 354 g/mol. The first kappa shape index (κ1) is 16.6. The number of rotatable bonds is 3. The summed E-state index contributed by atoms with van der Waals surface area (Å²) in [7, 11) is 3.28. The van der Waals surface area contributed by atoms with E-state index in [-0.39, 0.29) is 0 Å². The van der Waals surface area contributed by atoms with Crippen molar-refractivity contribution in [2.24, 2.45) is 0 Å².